The van der Waals surface area contributed by atoms with Gasteiger partial charge in [0.1, 0.15) is 11.8 Å². The van der Waals surface area contributed by atoms with Gasteiger partial charge in [0.25, 0.3) is 0 Å². The van der Waals surface area contributed by atoms with E-state index in [4.69, 9.17) is 4.74 Å². The van der Waals surface area contributed by atoms with Crippen LogP contribution < -0.4 is 5.32 Å². The Morgan fingerprint density at radius 2 is 2.32 bits per heavy atom. The summed E-state index contributed by atoms with van der Waals surface area (Å²) in [6, 6.07) is 0. The van der Waals surface area contributed by atoms with Crippen molar-refractivity contribution in [2.75, 3.05) is 18.5 Å². The highest BCUT2D eigenvalue weighted by Crippen LogP contribution is 2.27. The van der Waals surface area contributed by atoms with Gasteiger partial charge in [-0.3, -0.25) is 0 Å². The SMILES string of the molecule is CC(C)[C@H]1OCC[C@H]1CNc1ncnc2nc[nH]c12. The number of imidazole rings is 1. The van der Waals surface area contributed by atoms with Crippen molar-refractivity contribution in [1.82, 2.24) is 19.9 Å². The zero-order valence-electron chi connectivity index (χ0n) is 11.3. The molecule has 0 spiro atoms. The van der Waals surface area contributed by atoms with Gasteiger partial charge in [-0.2, -0.15) is 0 Å². The number of aromatic nitrogens is 4. The highest BCUT2D eigenvalue weighted by atomic mass is 16.5. The van der Waals surface area contributed by atoms with Crippen LogP contribution in [-0.2, 0) is 4.74 Å². The van der Waals surface area contributed by atoms with Gasteiger partial charge in [-0.1, -0.05) is 13.8 Å². The molecule has 0 bridgehead atoms. The zero-order chi connectivity index (χ0) is 13.2. The maximum absolute atomic E-state index is 5.79. The van der Waals surface area contributed by atoms with Crippen molar-refractivity contribution >= 4 is 17.0 Å². The first-order chi connectivity index (χ1) is 9.25. The van der Waals surface area contributed by atoms with E-state index in [9.17, 15) is 0 Å². The molecule has 2 aromatic rings. The van der Waals surface area contributed by atoms with Gasteiger partial charge in [0.05, 0.1) is 12.4 Å². The number of H-pyrrole nitrogens is 1. The van der Waals surface area contributed by atoms with Crippen molar-refractivity contribution in [2.24, 2.45) is 11.8 Å². The molecular weight excluding hydrogens is 242 g/mol. The van der Waals surface area contributed by atoms with Gasteiger partial charge in [0.15, 0.2) is 11.5 Å². The number of aromatic amines is 1. The molecule has 0 unspecified atom stereocenters. The fourth-order valence-corrected chi connectivity index (χ4v) is 2.74. The molecule has 2 aromatic heterocycles. The second-order valence-electron chi connectivity index (χ2n) is 5.33. The Bertz CT molecular complexity index is 553. The van der Waals surface area contributed by atoms with E-state index in [0.717, 1.165) is 30.9 Å². The molecule has 1 fully saturated rings. The standard InChI is InChI=1S/C13H19N5O/c1-8(2)11-9(3-4-19-11)5-14-12-10-13(16-6-15-10)18-7-17-12/h6-9,11H,3-5H2,1-2H3,(H2,14,15,16,17,18)/t9-,11+/m0/s1. The first kappa shape index (κ1) is 12.3. The topological polar surface area (TPSA) is 75.7 Å². The van der Waals surface area contributed by atoms with Crippen molar-refractivity contribution < 1.29 is 4.74 Å². The van der Waals surface area contributed by atoms with Crippen LogP contribution in [0.25, 0.3) is 11.2 Å². The molecule has 3 heterocycles. The molecule has 6 nitrogen and oxygen atoms in total. The summed E-state index contributed by atoms with van der Waals surface area (Å²) in [5.41, 5.74) is 1.56. The molecule has 6 heteroatoms. The van der Waals surface area contributed by atoms with Gasteiger partial charge in [-0.05, 0) is 12.3 Å². The minimum atomic E-state index is 0.339. The number of anilines is 1. The highest BCUT2D eigenvalue weighted by molar-refractivity contribution is 5.81. The van der Waals surface area contributed by atoms with Gasteiger partial charge in [0, 0.05) is 19.1 Å². The van der Waals surface area contributed by atoms with E-state index in [1.54, 1.807) is 6.33 Å². The van der Waals surface area contributed by atoms with Crippen molar-refractivity contribution in [3.8, 4) is 0 Å². The lowest BCUT2D eigenvalue weighted by Gasteiger charge is -2.22. The van der Waals surface area contributed by atoms with E-state index in [1.165, 1.54) is 6.33 Å². The summed E-state index contributed by atoms with van der Waals surface area (Å²) in [7, 11) is 0. The lowest BCUT2D eigenvalue weighted by molar-refractivity contribution is 0.0566. The van der Waals surface area contributed by atoms with Gasteiger partial charge in [0.2, 0.25) is 0 Å². The predicted molar refractivity (Wildman–Crippen MR) is 72.9 cm³/mol. The second-order valence-corrected chi connectivity index (χ2v) is 5.33. The number of hydrogen-bond acceptors (Lipinski definition) is 5. The van der Waals surface area contributed by atoms with Crippen LogP contribution in [0.2, 0.25) is 0 Å². The molecule has 0 radical (unpaired) electrons. The summed E-state index contributed by atoms with van der Waals surface area (Å²) in [6.07, 6.45) is 4.62. The minimum absolute atomic E-state index is 0.339. The third-order valence-electron chi connectivity index (χ3n) is 3.68. The monoisotopic (exact) mass is 261 g/mol. The van der Waals surface area contributed by atoms with Crippen LogP contribution in [0.3, 0.4) is 0 Å². The molecule has 2 N–H and O–H groups in total. The van der Waals surface area contributed by atoms with Crippen molar-refractivity contribution in [3.05, 3.63) is 12.7 Å². The van der Waals surface area contributed by atoms with E-state index in [1.807, 2.05) is 0 Å². The average molecular weight is 261 g/mol. The van der Waals surface area contributed by atoms with Gasteiger partial charge in [-0.25, -0.2) is 15.0 Å². The molecule has 3 rings (SSSR count). The normalized spacial score (nSPS) is 23.3. The summed E-state index contributed by atoms with van der Waals surface area (Å²) in [5.74, 6) is 1.90. The number of fused-ring (bicyclic) bond motifs is 1. The Hall–Kier alpha value is -1.69. The summed E-state index contributed by atoms with van der Waals surface area (Å²) in [6.45, 7) is 6.15. The van der Waals surface area contributed by atoms with E-state index in [2.05, 4.69) is 39.1 Å². The maximum Gasteiger partial charge on any atom is 0.182 e. The largest absolute Gasteiger partial charge is 0.378 e. The molecule has 0 saturated carbocycles. The Morgan fingerprint density at radius 1 is 1.42 bits per heavy atom. The van der Waals surface area contributed by atoms with Crippen LogP contribution in [0, 0.1) is 11.8 Å². The smallest absolute Gasteiger partial charge is 0.182 e. The molecule has 0 amide bonds. The van der Waals surface area contributed by atoms with Crippen LogP contribution in [-0.4, -0.2) is 39.2 Å². The molecule has 102 valence electrons. The number of hydrogen-bond donors (Lipinski definition) is 2. The number of nitrogens with zero attached hydrogens (tertiary/aromatic N) is 3. The molecule has 0 aliphatic carbocycles. The van der Waals surface area contributed by atoms with Crippen molar-refractivity contribution in [2.45, 2.75) is 26.4 Å². The van der Waals surface area contributed by atoms with Crippen molar-refractivity contribution in [3.63, 3.8) is 0 Å². The number of rotatable bonds is 4. The molecule has 1 aliphatic heterocycles. The Labute approximate surface area is 112 Å². The Balaban J connectivity index is 1.70. The fourth-order valence-electron chi connectivity index (χ4n) is 2.74. The molecule has 19 heavy (non-hydrogen) atoms. The van der Waals surface area contributed by atoms with Crippen LogP contribution in [0.4, 0.5) is 5.82 Å². The molecule has 1 aliphatic rings. The van der Waals surface area contributed by atoms with Crippen LogP contribution in [0.5, 0.6) is 0 Å². The summed E-state index contributed by atoms with van der Waals surface area (Å²) >= 11 is 0. The lowest BCUT2D eigenvalue weighted by atomic mass is 9.93. The lowest BCUT2D eigenvalue weighted by Crippen LogP contribution is -2.28. The quantitative estimate of drug-likeness (QED) is 0.878. The molecule has 0 aromatic carbocycles. The van der Waals surface area contributed by atoms with Gasteiger partial charge < -0.3 is 15.0 Å². The van der Waals surface area contributed by atoms with Gasteiger partial charge >= 0.3 is 0 Å². The summed E-state index contributed by atoms with van der Waals surface area (Å²) < 4.78 is 5.79. The van der Waals surface area contributed by atoms with E-state index < -0.39 is 0 Å². The highest BCUT2D eigenvalue weighted by Gasteiger charge is 2.30. The molecule has 2 atom stereocenters. The summed E-state index contributed by atoms with van der Waals surface area (Å²) in [5, 5.41) is 3.40. The van der Waals surface area contributed by atoms with Crippen LogP contribution in [0.15, 0.2) is 12.7 Å². The maximum atomic E-state index is 5.79. The van der Waals surface area contributed by atoms with Crippen molar-refractivity contribution in [1.29, 1.82) is 0 Å². The number of nitrogens with one attached hydrogen (secondary N) is 2. The third kappa shape index (κ3) is 2.40. The second kappa shape index (κ2) is 5.13. The Morgan fingerprint density at radius 3 is 3.16 bits per heavy atom. The third-order valence-corrected chi connectivity index (χ3v) is 3.68. The van der Waals surface area contributed by atoms with E-state index in [0.29, 0.717) is 23.6 Å². The van der Waals surface area contributed by atoms with Crippen LogP contribution in [0.1, 0.15) is 20.3 Å². The Kier molecular flexibility index (Phi) is 3.33. The fraction of sp³-hybridized carbons (Fsp3) is 0.615. The average Bonchev–Trinajstić information content (AvgIpc) is 3.04. The predicted octanol–water partition coefficient (Wildman–Crippen LogP) is 1.83. The van der Waals surface area contributed by atoms with Gasteiger partial charge in [-0.15, -0.1) is 0 Å². The first-order valence-corrected chi connectivity index (χ1v) is 6.75. The minimum Gasteiger partial charge on any atom is -0.378 e. The van der Waals surface area contributed by atoms with E-state index in [-0.39, 0.29) is 0 Å². The first-order valence-electron chi connectivity index (χ1n) is 6.75. The molecule has 1 saturated heterocycles. The van der Waals surface area contributed by atoms with Crippen LogP contribution >= 0.6 is 0 Å². The summed E-state index contributed by atoms with van der Waals surface area (Å²) in [4.78, 5) is 15.6. The molecular formula is C13H19N5O. The number of ether oxygens (including phenoxy) is 1. The van der Waals surface area contributed by atoms with E-state index >= 15 is 0 Å². The zero-order valence-corrected chi connectivity index (χ0v) is 11.3.